The highest BCUT2D eigenvalue weighted by Crippen LogP contribution is 2.58. The lowest BCUT2D eigenvalue weighted by Gasteiger charge is -2.47. The molecule has 0 bridgehead atoms. The Morgan fingerprint density at radius 1 is 0.431 bits per heavy atom. The summed E-state index contributed by atoms with van der Waals surface area (Å²) in [6, 6.07) is 71.5. The third-order valence-corrected chi connectivity index (χ3v) is 24.3. The molecule has 0 fully saturated rings. The van der Waals surface area contributed by atoms with Crippen LogP contribution >= 0.6 is 15.9 Å². The molecule has 12 aromatic rings. The molecule has 17 rings (SSSR count). The van der Waals surface area contributed by atoms with E-state index < -0.39 is 53.9 Å². The van der Waals surface area contributed by atoms with Gasteiger partial charge in [0.2, 0.25) is 23.0 Å². The van der Waals surface area contributed by atoms with Gasteiger partial charge in [0.15, 0.2) is 18.9 Å². The van der Waals surface area contributed by atoms with Gasteiger partial charge >= 0.3 is 17.1 Å². The highest BCUT2D eigenvalue weighted by molar-refractivity contribution is 9.08. The zero-order valence-corrected chi connectivity index (χ0v) is 78.7. The summed E-state index contributed by atoms with van der Waals surface area (Å²) in [4.78, 5) is 81.5. The molecular weight excluding hydrogens is 1840 g/mol. The fraction of sp³-hybridized carbons (Fsp3) is 0.212. The van der Waals surface area contributed by atoms with Gasteiger partial charge in [0.05, 0.1) is 65.4 Å². The molecule has 137 heavy (non-hydrogen) atoms. The number of phenolic OH excluding ortho intramolecular Hbond substituents is 3. The van der Waals surface area contributed by atoms with E-state index in [9.17, 15) is 72.5 Å². The molecule has 712 valence electrons. The van der Waals surface area contributed by atoms with Crippen LogP contribution in [0.25, 0.3) is 6.08 Å². The first-order valence-electron chi connectivity index (χ1n) is 42.0. The average molecular weight is 1940 g/mol. The van der Waals surface area contributed by atoms with Gasteiger partial charge in [-0.1, -0.05) is 198 Å². The number of carbonyl (C=O) groups is 3. The first-order valence-corrected chi connectivity index (χ1v) is 43.2. The second kappa shape index (κ2) is 45.6. The predicted octanol–water partition coefficient (Wildman–Crippen LogP) is 24.0. The summed E-state index contributed by atoms with van der Waals surface area (Å²) in [6.07, 6.45) is 4.97. The van der Waals surface area contributed by atoms with E-state index in [1.165, 1.54) is 135 Å². The first-order chi connectivity index (χ1) is 65.0. The zero-order chi connectivity index (χ0) is 101. The molecule has 0 radical (unpaired) electrons. The minimum atomic E-state index is -1.50. The maximum absolute atomic E-state index is 13.5. The number of allylic oxidation sites excluding steroid dienone is 2. The van der Waals surface area contributed by atoms with Crippen molar-refractivity contribution in [3.8, 4) is 46.0 Å². The fourth-order valence-corrected chi connectivity index (χ4v) is 16.0. The Morgan fingerprint density at radius 2 is 0.781 bits per heavy atom. The van der Waals surface area contributed by atoms with Crippen molar-refractivity contribution in [1.29, 1.82) is 0 Å². The Morgan fingerprint density at radius 3 is 1.16 bits per heavy atom. The van der Waals surface area contributed by atoms with E-state index in [4.69, 9.17) is 44.1 Å². The van der Waals surface area contributed by atoms with Crippen molar-refractivity contribution in [2.45, 2.75) is 115 Å². The molecule has 5 aliphatic rings. The number of fused-ring (bicyclic) bond motifs is 5. The van der Waals surface area contributed by atoms with Crippen LogP contribution in [0.4, 0.5) is 57.4 Å². The van der Waals surface area contributed by atoms with Gasteiger partial charge in [0.25, 0.3) is 5.09 Å². The van der Waals surface area contributed by atoms with Crippen LogP contribution in [0, 0.1) is 63.7 Å². The van der Waals surface area contributed by atoms with E-state index in [0.717, 1.165) is 81.1 Å². The predicted molar refractivity (Wildman–Crippen MR) is 520 cm³/mol. The number of aromatic hydroxyl groups is 3. The van der Waals surface area contributed by atoms with Gasteiger partial charge in [-0.05, 0) is 181 Å². The monoisotopic (exact) mass is 1940 g/mol. The van der Waals surface area contributed by atoms with Crippen LogP contribution in [0.5, 0.6) is 46.0 Å². The first kappa shape index (κ1) is 105. The smallest absolute Gasteiger partial charge is 0.311 e. The van der Waals surface area contributed by atoms with E-state index in [-0.39, 0.29) is 84.9 Å². The third kappa shape index (κ3) is 23.8. The molecule has 5 heterocycles. The number of carbonyl (C=O) groups excluding carboxylic acids is 3. The second-order valence-electron chi connectivity index (χ2n) is 33.1. The number of anilines is 3. The lowest BCUT2D eigenvalue weighted by atomic mass is 9.76. The molecule has 1 unspecified atom stereocenters. The number of nitro groups is 3. The highest BCUT2D eigenvalue weighted by Gasteiger charge is 2.60. The van der Waals surface area contributed by atoms with Crippen molar-refractivity contribution in [3.05, 3.63) is 410 Å². The topological polar surface area (TPSA) is 373 Å². The molecule has 0 aliphatic carbocycles. The Hall–Kier alpha value is -16.1. The van der Waals surface area contributed by atoms with E-state index in [2.05, 4.69) is 172 Å². The molecule has 4 N–H and O–H groups in total. The van der Waals surface area contributed by atoms with Gasteiger partial charge in [-0.15, -0.1) is 10.1 Å². The molecule has 12 aromatic carbocycles. The number of nitro benzene ring substituents is 3. The molecule has 1 spiro atoms. The summed E-state index contributed by atoms with van der Waals surface area (Å²) in [5.74, 6) is -1.03. The lowest BCUT2D eigenvalue weighted by molar-refractivity contribution is -0.742. The molecule has 0 saturated carbocycles. The van der Waals surface area contributed by atoms with Crippen LogP contribution in [0.2, 0.25) is 0 Å². The number of ether oxygens (including phenoxy) is 5. The number of phenols is 3. The Labute approximate surface area is 796 Å². The molecule has 0 saturated heterocycles. The number of alkyl halides is 1. The van der Waals surface area contributed by atoms with Crippen LogP contribution in [0.15, 0.2) is 284 Å². The third-order valence-electron chi connectivity index (χ3n) is 23.6. The normalized spacial score (nSPS) is 14.6. The maximum Gasteiger partial charge on any atom is 0.311 e. The molecule has 1 atom stereocenters. The number of aliphatic imine (C=N–C) groups is 1. The fourth-order valence-electron chi connectivity index (χ4n) is 15.7. The van der Waals surface area contributed by atoms with Gasteiger partial charge in [0.1, 0.15) is 63.1 Å². The molecule has 0 amide bonds. The number of rotatable bonds is 17. The van der Waals surface area contributed by atoms with Crippen molar-refractivity contribution in [3.63, 3.8) is 0 Å². The number of para-hydroxylation sites is 4. The molecule has 0 aromatic heterocycles. The minimum absolute atomic E-state index is 0.0562. The van der Waals surface area contributed by atoms with Gasteiger partial charge < -0.3 is 58.9 Å². The largest absolute Gasteiger partial charge is 0.507 e. The van der Waals surface area contributed by atoms with Crippen LogP contribution in [-0.2, 0) is 46.6 Å². The molecular formula is C104H101BrF4N8O20. The number of halogens is 5. The van der Waals surface area contributed by atoms with E-state index >= 15 is 0 Å². The van der Waals surface area contributed by atoms with Gasteiger partial charge in [0, 0.05) is 93.6 Å². The summed E-state index contributed by atoms with van der Waals surface area (Å²) in [7, 11) is 5.57. The number of hydrogen-bond donors (Lipinski definition) is 4. The van der Waals surface area contributed by atoms with Gasteiger partial charge in [-0.3, -0.25) is 49.7 Å². The van der Waals surface area contributed by atoms with Crippen molar-refractivity contribution in [1.82, 2.24) is 0 Å². The van der Waals surface area contributed by atoms with Crippen LogP contribution in [0.1, 0.15) is 143 Å². The standard InChI is InChI=1S/C26H23FN2O4.2C18H18FN.C11H13N.2C8H7NO5.C8H8O3.C7H6BrF.HNO3/c1-25(2)20-6-4-5-7-21(20)28(16-17-8-10-18(27)11-9-17)26(25)15-14-19-23(32-3)13-12-22(29(30)31)24(19)33-26;2*1-13-18(2,3)16-6-4-5-7-17(16)20(13)12-14-8-10-15(19)11-9-14;1-8-11(2,3)9-6-4-5-7-10(9)12-8;2*1-14-7-3-2-6(9(12)13)8(11)5(7)4-10;1-11-8-4-2-3-7(10)6(8)5-9;8-5-6-1-3-7(9)4-2-6;2-1(3)4/h4-15H,16H2,1-3H3;2*4-11H,1,12H2,2-3H3;4-7H,1-3H3;2*2-4,11H,1H3;2-5,10H,1H3;1-4H,5H2;(H,2,3,4). The number of aldehydes is 3. The van der Waals surface area contributed by atoms with Crippen molar-refractivity contribution < 1.29 is 96.0 Å². The van der Waals surface area contributed by atoms with Crippen LogP contribution in [0.3, 0.4) is 0 Å². The number of hydrogen-bond acceptors (Lipinski definition) is 23. The number of methoxy groups -OCH3 is 4. The summed E-state index contributed by atoms with van der Waals surface area (Å²) in [6.45, 7) is 29.9. The number of nitrogens with zero attached hydrogens (tertiary/aromatic N) is 8. The maximum atomic E-state index is 13.5. The molecule has 5 aliphatic heterocycles. The quantitative estimate of drug-likeness (QED) is 0.0216. The van der Waals surface area contributed by atoms with Crippen molar-refractivity contribution >= 4 is 86.4 Å². The Bertz CT molecular complexity index is 6300. The van der Waals surface area contributed by atoms with Crippen LogP contribution in [-0.4, -0.2) is 99.1 Å². The summed E-state index contributed by atoms with van der Waals surface area (Å²) in [5.41, 5.74) is 14.6. The number of benzene rings is 12. The second-order valence-corrected chi connectivity index (χ2v) is 33.6. The van der Waals surface area contributed by atoms with E-state index in [1.807, 2.05) is 72.8 Å². The van der Waals surface area contributed by atoms with E-state index in [1.54, 1.807) is 42.5 Å². The SMILES string of the molecule is C=C1N(Cc2ccc(F)cc2)c2ccccc2C1(C)C.C=C1N(Cc2ccc(F)cc2)c2ccccc2C1(C)C.CC1=Nc2ccccc2C1(C)C.COc1ccc([N+](=O)[O-])c(O)c1C=O.COc1ccc([N+](=O)[O-])c(O)c1C=O.COc1ccc([N+](=O)[O-])c2c1C=CC1(O2)N(Cc2ccc(F)cc2)c2ccccc2C1(C)C.COc1cccc(O)c1C=O.Fc1ccc(CBr)cc1.O=[N+]([O-])O. The molecule has 33 heteroatoms. The van der Waals surface area contributed by atoms with Gasteiger partial charge in [-0.25, -0.2) is 17.6 Å². The summed E-state index contributed by atoms with van der Waals surface area (Å²) < 4.78 is 78.2. The Kier molecular flexibility index (Phi) is 34.8. The van der Waals surface area contributed by atoms with Crippen LogP contribution < -0.4 is 38.4 Å². The zero-order valence-electron chi connectivity index (χ0n) is 77.1. The highest BCUT2D eigenvalue weighted by atomic mass is 79.9. The average Bonchev–Trinajstić information content (AvgIpc) is 1.53. The van der Waals surface area contributed by atoms with Crippen molar-refractivity contribution in [2.75, 3.05) is 43.1 Å². The van der Waals surface area contributed by atoms with E-state index in [0.29, 0.717) is 42.5 Å². The Balaban J connectivity index is 0.000000180. The van der Waals surface area contributed by atoms with Crippen molar-refractivity contribution in [2.24, 2.45) is 4.99 Å². The minimum Gasteiger partial charge on any atom is -0.507 e. The van der Waals surface area contributed by atoms with Gasteiger partial charge in [-0.2, -0.15) is 0 Å². The summed E-state index contributed by atoms with van der Waals surface area (Å²) in [5, 5.41) is 74.8. The lowest BCUT2D eigenvalue weighted by Crippen LogP contribution is -2.59. The molecule has 28 nitrogen and oxygen atoms in total. The summed E-state index contributed by atoms with van der Waals surface area (Å²) >= 11 is 3.26.